The van der Waals surface area contributed by atoms with Gasteiger partial charge in [0.05, 0.1) is 0 Å². The standard InChI is InChI=1S/C12H17N3O3S/c1-2-12(16)14-6-8-15(9-7-14)19(17,18)11-4-3-5-13-10-11/h3-5,10H,2,6-9H2,1H3. The Kier molecular flexibility index (Phi) is 4.16. The van der Waals surface area contributed by atoms with Gasteiger partial charge < -0.3 is 4.90 Å². The Labute approximate surface area is 113 Å². The third kappa shape index (κ3) is 2.93. The van der Waals surface area contributed by atoms with E-state index in [1.54, 1.807) is 17.9 Å². The summed E-state index contributed by atoms with van der Waals surface area (Å²) in [5, 5.41) is 0. The molecule has 0 aromatic carbocycles. The van der Waals surface area contributed by atoms with Crippen molar-refractivity contribution in [3.8, 4) is 0 Å². The molecule has 0 bridgehead atoms. The summed E-state index contributed by atoms with van der Waals surface area (Å²) in [6.07, 6.45) is 3.34. The first-order valence-corrected chi connectivity index (χ1v) is 7.67. The number of hydrogen-bond donors (Lipinski definition) is 0. The lowest BCUT2D eigenvalue weighted by Crippen LogP contribution is -2.50. The van der Waals surface area contributed by atoms with Gasteiger partial charge in [-0.3, -0.25) is 9.78 Å². The SMILES string of the molecule is CCC(=O)N1CCN(S(=O)(=O)c2cccnc2)CC1. The molecule has 19 heavy (non-hydrogen) atoms. The van der Waals surface area contributed by atoms with E-state index in [2.05, 4.69) is 4.98 Å². The molecule has 1 fully saturated rings. The van der Waals surface area contributed by atoms with Gasteiger partial charge in [0.2, 0.25) is 15.9 Å². The summed E-state index contributed by atoms with van der Waals surface area (Å²) in [6, 6.07) is 3.13. The molecule has 0 unspecified atom stereocenters. The van der Waals surface area contributed by atoms with Crippen molar-refractivity contribution in [2.45, 2.75) is 18.2 Å². The fourth-order valence-electron chi connectivity index (χ4n) is 2.05. The monoisotopic (exact) mass is 283 g/mol. The van der Waals surface area contributed by atoms with Crippen LogP contribution in [0.1, 0.15) is 13.3 Å². The molecule has 1 aliphatic rings. The van der Waals surface area contributed by atoms with Gasteiger partial charge in [0.25, 0.3) is 0 Å². The molecule has 1 aromatic rings. The summed E-state index contributed by atoms with van der Waals surface area (Å²) in [5.74, 6) is 0.0680. The van der Waals surface area contributed by atoms with Crippen molar-refractivity contribution < 1.29 is 13.2 Å². The highest BCUT2D eigenvalue weighted by atomic mass is 32.2. The van der Waals surface area contributed by atoms with Crippen LogP contribution in [0.5, 0.6) is 0 Å². The number of carbonyl (C=O) groups excluding carboxylic acids is 1. The van der Waals surface area contributed by atoms with E-state index in [1.807, 2.05) is 0 Å². The van der Waals surface area contributed by atoms with Crippen LogP contribution in [0.2, 0.25) is 0 Å². The minimum absolute atomic E-state index is 0.0680. The predicted octanol–water partition coefficient (Wildman–Crippen LogP) is 0.324. The zero-order valence-corrected chi connectivity index (χ0v) is 11.6. The number of piperazine rings is 1. The number of rotatable bonds is 3. The lowest BCUT2D eigenvalue weighted by molar-refractivity contribution is -0.132. The second-order valence-electron chi connectivity index (χ2n) is 4.33. The molecule has 1 saturated heterocycles. The van der Waals surface area contributed by atoms with Gasteiger partial charge in [0.15, 0.2) is 0 Å². The molecule has 0 saturated carbocycles. The molecular formula is C12H17N3O3S. The smallest absolute Gasteiger partial charge is 0.244 e. The van der Waals surface area contributed by atoms with Crippen molar-refractivity contribution in [1.82, 2.24) is 14.2 Å². The summed E-state index contributed by atoms with van der Waals surface area (Å²) in [7, 11) is -3.49. The maximum atomic E-state index is 12.3. The van der Waals surface area contributed by atoms with Crippen LogP contribution in [-0.4, -0.2) is 54.7 Å². The Hall–Kier alpha value is -1.47. The zero-order chi connectivity index (χ0) is 13.9. The molecule has 0 atom stereocenters. The van der Waals surface area contributed by atoms with Crippen LogP contribution in [0.25, 0.3) is 0 Å². The van der Waals surface area contributed by atoms with Crippen molar-refractivity contribution >= 4 is 15.9 Å². The first kappa shape index (κ1) is 14.0. The van der Waals surface area contributed by atoms with Crippen molar-refractivity contribution in [2.75, 3.05) is 26.2 Å². The third-order valence-corrected chi connectivity index (χ3v) is 5.05. The van der Waals surface area contributed by atoms with Crippen molar-refractivity contribution in [3.63, 3.8) is 0 Å². The topological polar surface area (TPSA) is 70.6 Å². The molecular weight excluding hydrogens is 266 g/mol. The largest absolute Gasteiger partial charge is 0.340 e. The maximum absolute atomic E-state index is 12.3. The highest BCUT2D eigenvalue weighted by molar-refractivity contribution is 7.89. The Bertz CT molecular complexity index is 537. The van der Waals surface area contributed by atoms with Gasteiger partial charge in [-0.05, 0) is 12.1 Å². The normalized spacial score (nSPS) is 17.4. The number of hydrogen-bond acceptors (Lipinski definition) is 4. The highest BCUT2D eigenvalue weighted by Gasteiger charge is 2.29. The van der Waals surface area contributed by atoms with Gasteiger partial charge in [0, 0.05) is 45.0 Å². The van der Waals surface area contributed by atoms with Gasteiger partial charge in [0.1, 0.15) is 4.90 Å². The molecule has 7 heteroatoms. The van der Waals surface area contributed by atoms with Gasteiger partial charge >= 0.3 is 0 Å². The molecule has 6 nitrogen and oxygen atoms in total. The predicted molar refractivity (Wildman–Crippen MR) is 69.9 cm³/mol. The van der Waals surface area contributed by atoms with E-state index in [9.17, 15) is 13.2 Å². The molecule has 0 aliphatic carbocycles. The van der Waals surface area contributed by atoms with Crippen LogP contribution in [0, 0.1) is 0 Å². The summed E-state index contributed by atoms with van der Waals surface area (Å²) in [5.41, 5.74) is 0. The number of carbonyl (C=O) groups is 1. The molecule has 104 valence electrons. The highest BCUT2D eigenvalue weighted by Crippen LogP contribution is 2.16. The average Bonchev–Trinajstić information content (AvgIpc) is 2.47. The molecule has 1 aliphatic heterocycles. The van der Waals surface area contributed by atoms with Crippen LogP contribution in [0.3, 0.4) is 0 Å². The summed E-state index contributed by atoms with van der Waals surface area (Å²) >= 11 is 0. The zero-order valence-electron chi connectivity index (χ0n) is 10.8. The van der Waals surface area contributed by atoms with Crippen LogP contribution >= 0.6 is 0 Å². The van der Waals surface area contributed by atoms with E-state index in [-0.39, 0.29) is 10.8 Å². The van der Waals surface area contributed by atoms with Gasteiger partial charge in [-0.15, -0.1) is 0 Å². The van der Waals surface area contributed by atoms with Crippen LogP contribution in [-0.2, 0) is 14.8 Å². The van der Waals surface area contributed by atoms with E-state index in [0.29, 0.717) is 32.6 Å². The number of pyridine rings is 1. The lowest BCUT2D eigenvalue weighted by Gasteiger charge is -2.33. The van der Waals surface area contributed by atoms with E-state index in [1.165, 1.54) is 22.8 Å². The van der Waals surface area contributed by atoms with Crippen LogP contribution < -0.4 is 0 Å². The number of sulfonamides is 1. The molecule has 0 radical (unpaired) electrons. The fourth-order valence-corrected chi connectivity index (χ4v) is 3.44. The van der Waals surface area contributed by atoms with Crippen molar-refractivity contribution in [2.24, 2.45) is 0 Å². The fraction of sp³-hybridized carbons (Fsp3) is 0.500. The minimum atomic E-state index is -3.49. The van der Waals surface area contributed by atoms with E-state index in [4.69, 9.17) is 0 Å². The molecule has 2 heterocycles. The molecule has 1 aromatic heterocycles. The average molecular weight is 283 g/mol. The number of aromatic nitrogens is 1. The molecule has 0 spiro atoms. The lowest BCUT2D eigenvalue weighted by atomic mass is 10.3. The molecule has 0 N–H and O–H groups in total. The van der Waals surface area contributed by atoms with Crippen molar-refractivity contribution in [3.05, 3.63) is 24.5 Å². The summed E-state index contributed by atoms with van der Waals surface area (Å²) in [6.45, 7) is 3.38. The quantitative estimate of drug-likeness (QED) is 0.801. The maximum Gasteiger partial charge on any atom is 0.244 e. The Morgan fingerprint density at radius 2 is 2.00 bits per heavy atom. The Balaban J connectivity index is 2.08. The second kappa shape index (κ2) is 5.66. The minimum Gasteiger partial charge on any atom is -0.340 e. The van der Waals surface area contributed by atoms with Gasteiger partial charge in [-0.25, -0.2) is 8.42 Å². The van der Waals surface area contributed by atoms with Gasteiger partial charge in [-0.2, -0.15) is 4.31 Å². The number of nitrogens with zero attached hydrogens (tertiary/aromatic N) is 3. The van der Waals surface area contributed by atoms with E-state index >= 15 is 0 Å². The first-order valence-electron chi connectivity index (χ1n) is 6.23. The molecule has 1 amide bonds. The second-order valence-corrected chi connectivity index (χ2v) is 6.27. The summed E-state index contributed by atoms with van der Waals surface area (Å²) < 4.78 is 26.0. The summed E-state index contributed by atoms with van der Waals surface area (Å²) in [4.78, 5) is 17.3. The van der Waals surface area contributed by atoms with Gasteiger partial charge in [-0.1, -0.05) is 6.92 Å². The van der Waals surface area contributed by atoms with Crippen molar-refractivity contribution in [1.29, 1.82) is 0 Å². The Morgan fingerprint density at radius 1 is 1.32 bits per heavy atom. The molecule has 2 rings (SSSR count). The first-order chi connectivity index (χ1) is 9.05. The van der Waals surface area contributed by atoms with Crippen LogP contribution in [0.4, 0.5) is 0 Å². The number of amides is 1. The Morgan fingerprint density at radius 3 is 2.53 bits per heavy atom. The van der Waals surface area contributed by atoms with E-state index < -0.39 is 10.0 Å². The van der Waals surface area contributed by atoms with E-state index in [0.717, 1.165) is 0 Å². The van der Waals surface area contributed by atoms with Crippen LogP contribution in [0.15, 0.2) is 29.4 Å². The third-order valence-electron chi connectivity index (χ3n) is 3.17.